The van der Waals surface area contributed by atoms with E-state index in [0.717, 1.165) is 14.1 Å². The van der Waals surface area contributed by atoms with Gasteiger partial charge in [0, 0.05) is 19.7 Å². The molecule has 1 aromatic carbocycles. The topological polar surface area (TPSA) is 102 Å². The number of fused-ring (bicyclic) bond motifs is 1. The average molecular weight is 382 g/mol. The van der Waals surface area contributed by atoms with E-state index in [9.17, 15) is 32.3 Å². The van der Waals surface area contributed by atoms with Gasteiger partial charge in [0.1, 0.15) is 11.4 Å². The molecule has 0 spiro atoms. The molecule has 1 unspecified atom stereocenters. The number of hydrogen-bond donors (Lipinski definition) is 2. The largest absolute Gasteiger partial charge is 0.425 e. The zero-order valence-corrected chi connectivity index (χ0v) is 14.0. The van der Waals surface area contributed by atoms with E-state index in [1.807, 2.05) is 5.32 Å². The van der Waals surface area contributed by atoms with Crippen LogP contribution in [-0.4, -0.2) is 27.1 Å². The van der Waals surface area contributed by atoms with Crippen molar-refractivity contribution in [2.24, 2.45) is 14.1 Å². The summed E-state index contributed by atoms with van der Waals surface area (Å²) in [5.74, 6) is -3.49. The zero-order valence-electron chi connectivity index (χ0n) is 14.0. The third-order valence-corrected chi connectivity index (χ3v) is 4.37. The molecule has 0 bridgehead atoms. The summed E-state index contributed by atoms with van der Waals surface area (Å²) in [5.41, 5.74) is -7.09. The van der Waals surface area contributed by atoms with Crippen LogP contribution in [0.4, 0.5) is 19.0 Å². The summed E-state index contributed by atoms with van der Waals surface area (Å²) in [5, 5.41) is 3.57. The van der Waals surface area contributed by atoms with Crippen molar-refractivity contribution in [1.82, 2.24) is 14.5 Å². The summed E-state index contributed by atoms with van der Waals surface area (Å²) in [6.45, 7) is 0. The molecule has 1 aliphatic rings. The molecule has 3 rings (SSSR count). The van der Waals surface area contributed by atoms with Crippen molar-refractivity contribution in [2.45, 2.75) is 11.7 Å². The third kappa shape index (κ3) is 2.46. The molecule has 27 heavy (non-hydrogen) atoms. The average Bonchev–Trinajstić information content (AvgIpc) is 2.92. The Bertz CT molecular complexity index is 1070. The van der Waals surface area contributed by atoms with Gasteiger partial charge in [0.05, 0.1) is 0 Å². The van der Waals surface area contributed by atoms with E-state index >= 15 is 0 Å². The molecule has 2 heterocycles. The minimum absolute atomic E-state index is 0.135. The van der Waals surface area contributed by atoms with Crippen molar-refractivity contribution in [1.29, 1.82) is 0 Å². The van der Waals surface area contributed by atoms with Crippen LogP contribution < -0.4 is 21.9 Å². The smallest absolute Gasteiger partial charge is 0.326 e. The summed E-state index contributed by atoms with van der Waals surface area (Å²) in [6, 6.07) is 6.93. The Morgan fingerprint density at radius 2 is 1.67 bits per heavy atom. The van der Waals surface area contributed by atoms with Crippen molar-refractivity contribution in [2.75, 3.05) is 5.32 Å². The Hall–Kier alpha value is -3.37. The first-order chi connectivity index (χ1) is 12.5. The Kier molecular flexibility index (Phi) is 3.98. The summed E-state index contributed by atoms with van der Waals surface area (Å²) in [7, 11) is 2.08. The van der Waals surface area contributed by atoms with Crippen LogP contribution >= 0.6 is 0 Å². The van der Waals surface area contributed by atoms with Crippen molar-refractivity contribution < 1.29 is 22.8 Å². The quantitative estimate of drug-likeness (QED) is 0.776. The maximum absolute atomic E-state index is 14.1. The lowest BCUT2D eigenvalue weighted by Gasteiger charge is -2.30. The molecule has 0 radical (unpaired) electrons. The van der Waals surface area contributed by atoms with Gasteiger partial charge in [-0.15, -0.1) is 0 Å². The van der Waals surface area contributed by atoms with Crippen LogP contribution in [0.25, 0.3) is 0 Å². The second-order valence-electron chi connectivity index (χ2n) is 5.95. The van der Waals surface area contributed by atoms with E-state index in [1.54, 1.807) is 11.4 Å². The highest BCUT2D eigenvalue weighted by Gasteiger charge is 2.68. The van der Waals surface area contributed by atoms with Gasteiger partial charge in [0.15, 0.2) is 0 Å². The Morgan fingerprint density at radius 3 is 2.22 bits per heavy atom. The molecule has 0 saturated carbocycles. The highest BCUT2D eigenvalue weighted by Crippen LogP contribution is 2.44. The molecular formula is C16H13F3N4O4. The van der Waals surface area contributed by atoms with Gasteiger partial charge in [-0.1, -0.05) is 18.2 Å². The highest BCUT2D eigenvalue weighted by atomic mass is 19.4. The van der Waals surface area contributed by atoms with Crippen molar-refractivity contribution >= 4 is 17.6 Å². The van der Waals surface area contributed by atoms with E-state index in [4.69, 9.17) is 0 Å². The zero-order chi connectivity index (χ0) is 20.1. The first kappa shape index (κ1) is 18.4. The molecule has 0 aliphatic carbocycles. The monoisotopic (exact) mass is 382 g/mol. The van der Waals surface area contributed by atoms with Crippen molar-refractivity contribution in [3.63, 3.8) is 0 Å². The van der Waals surface area contributed by atoms with Gasteiger partial charge in [-0.05, 0) is 12.1 Å². The Labute approximate surface area is 149 Å². The standard InChI is InChI=1S/C16H13F3N4O4/c1-22-10-9(12(25)23(2)14(22)27)15(13(26)20-10,16(17,18)19)21-11(24)8-6-4-3-5-7-8/h3-7H,1-2H3,(H,20,26)(H,21,24). The van der Waals surface area contributed by atoms with Crippen LogP contribution in [0.5, 0.6) is 0 Å². The summed E-state index contributed by atoms with van der Waals surface area (Å²) < 4.78 is 43.3. The second kappa shape index (κ2) is 5.83. The number of amides is 2. The fourth-order valence-electron chi connectivity index (χ4n) is 2.94. The summed E-state index contributed by atoms with van der Waals surface area (Å²) >= 11 is 0. The number of aromatic nitrogens is 2. The van der Waals surface area contributed by atoms with Crippen LogP contribution in [0.1, 0.15) is 15.9 Å². The second-order valence-corrected chi connectivity index (χ2v) is 5.95. The van der Waals surface area contributed by atoms with E-state index in [2.05, 4.69) is 0 Å². The predicted molar refractivity (Wildman–Crippen MR) is 87.2 cm³/mol. The molecule has 1 aromatic heterocycles. The fraction of sp³-hybridized carbons (Fsp3) is 0.250. The maximum atomic E-state index is 14.1. The molecule has 1 atom stereocenters. The van der Waals surface area contributed by atoms with Gasteiger partial charge in [0.25, 0.3) is 22.9 Å². The van der Waals surface area contributed by atoms with Crippen LogP contribution in [0.2, 0.25) is 0 Å². The van der Waals surface area contributed by atoms with E-state index < -0.39 is 46.2 Å². The normalized spacial score (nSPS) is 18.8. The van der Waals surface area contributed by atoms with Gasteiger partial charge >= 0.3 is 11.9 Å². The molecule has 8 nitrogen and oxygen atoms in total. The third-order valence-electron chi connectivity index (χ3n) is 4.37. The van der Waals surface area contributed by atoms with E-state index in [-0.39, 0.29) is 5.56 Å². The molecule has 2 aromatic rings. The lowest BCUT2D eigenvalue weighted by molar-refractivity contribution is -0.196. The first-order valence-corrected chi connectivity index (χ1v) is 7.58. The number of anilines is 1. The van der Waals surface area contributed by atoms with Crippen LogP contribution in [-0.2, 0) is 24.4 Å². The number of rotatable bonds is 2. The maximum Gasteiger partial charge on any atom is 0.425 e. The minimum Gasteiger partial charge on any atom is -0.326 e. The Morgan fingerprint density at radius 1 is 1.07 bits per heavy atom. The number of halogens is 3. The van der Waals surface area contributed by atoms with Crippen LogP contribution in [0.15, 0.2) is 39.9 Å². The number of carbonyl (C=O) groups excluding carboxylic acids is 2. The molecule has 0 fully saturated rings. The first-order valence-electron chi connectivity index (χ1n) is 7.58. The number of nitrogens with one attached hydrogen (secondary N) is 2. The number of benzene rings is 1. The minimum atomic E-state index is -5.35. The molecule has 0 saturated heterocycles. The van der Waals surface area contributed by atoms with Gasteiger partial charge in [0.2, 0.25) is 0 Å². The van der Waals surface area contributed by atoms with Crippen LogP contribution in [0, 0.1) is 0 Å². The number of hydrogen-bond acceptors (Lipinski definition) is 4. The van der Waals surface area contributed by atoms with Gasteiger partial charge < -0.3 is 10.6 Å². The fourth-order valence-corrected chi connectivity index (χ4v) is 2.94. The summed E-state index contributed by atoms with van der Waals surface area (Å²) in [4.78, 5) is 49.2. The molecule has 2 N–H and O–H groups in total. The molecule has 2 amide bonds. The molecule has 1 aliphatic heterocycles. The number of nitrogens with zero attached hydrogens (tertiary/aromatic N) is 2. The lowest BCUT2D eigenvalue weighted by atomic mass is 9.91. The SMILES string of the molecule is Cn1c2c(c(=O)n(C)c1=O)C(NC(=O)c1ccccc1)(C(F)(F)F)C(=O)N2. The van der Waals surface area contributed by atoms with Crippen molar-refractivity contribution in [3.8, 4) is 0 Å². The van der Waals surface area contributed by atoms with Gasteiger partial charge in [-0.3, -0.25) is 23.5 Å². The summed E-state index contributed by atoms with van der Waals surface area (Å²) in [6.07, 6.45) is -5.35. The predicted octanol–water partition coefficient (Wildman–Crippen LogP) is 0.224. The lowest BCUT2D eigenvalue weighted by Crippen LogP contribution is -2.62. The Balaban J connectivity index is 2.30. The highest BCUT2D eigenvalue weighted by molar-refractivity contribution is 6.09. The van der Waals surface area contributed by atoms with Crippen molar-refractivity contribution in [3.05, 3.63) is 62.3 Å². The molecule has 142 valence electrons. The number of carbonyl (C=O) groups is 2. The number of alkyl halides is 3. The van der Waals surface area contributed by atoms with Gasteiger partial charge in [-0.25, -0.2) is 4.79 Å². The van der Waals surface area contributed by atoms with E-state index in [1.165, 1.54) is 24.3 Å². The van der Waals surface area contributed by atoms with E-state index in [0.29, 0.717) is 9.13 Å². The van der Waals surface area contributed by atoms with Gasteiger partial charge in [-0.2, -0.15) is 13.2 Å². The van der Waals surface area contributed by atoms with Crippen LogP contribution in [0.3, 0.4) is 0 Å². The molecule has 11 heteroatoms. The molecular weight excluding hydrogens is 369 g/mol.